The van der Waals surface area contributed by atoms with Crippen LogP contribution in [0.15, 0.2) is 23.2 Å². The van der Waals surface area contributed by atoms with Gasteiger partial charge in [0, 0.05) is 19.3 Å². The molecule has 2 N–H and O–H groups in total. The number of halogens is 1. The summed E-state index contributed by atoms with van der Waals surface area (Å²) in [5.41, 5.74) is 9.10. The molecule has 1 aromatic rings. The molecule has 0 aliphatic carbocycles. The largest absolute Gasteiger partial charge is 0.386 e. The predicted octanol–water partition coefficient (Wildman–Crippen LogP) is 1.91. The molecule has 0 fully saturated rings. The first-order valence-electron chi connectivity index (χ1n) is 4.94. The van der Waals surface area contributed by atoms with Gasteiger partial charge in [-0.1, -0.05) is 0 Å². The number of fused-ring (bicyclic) bond motifs is 1. The molecule has 1 aliphatic rings. The van der Waals surface area contributed by atoms with Gasteiger partial charge in [0.2, 0.25) is 0 Å². The zero-order valence-corrected chi connectivity index (χ0v) is 9.46. The van der Waals surface area contributed by atoms with Crippen molar-refractivity contribution >= 4 is 28.8 Å². The van der Waals surface area contributed by atoms with Crippen LogP contribution in [0.25, 0.3) is 0 Å². The molecule has 0 aromatic heterocycles. The molecular formula is C11H14ClN3. The third-order valence-corrected chi connectivity index (χ3v) is 2.87. The number of likely N-dealkylation sites (N-methyl/N-ethyl adjacent to an activating group) is 1. The number of hydrogen-bond acceptors (Lipinski definition) is 2. The van der Waals surface area contributed by atoms with Gasteiger partial charge in [0.15, 0.2) is 0 Å². The van der Waals surface area contributed by atoms with Gasteiger partial charge in [-0.2, -0.15) is 0 Å². The third kappa shape index (κ3) is 2.07. The molecular weight excluding hydrogens is 210 g/mol. The van der Waals surface area contributed by atoms with Crippen molar-refractivity contribution < 1.29 is 0 Å². The van der Waals surface area contributed by atoms with Crippen molar-refractivity contribution in [1.29, 1.82) is 0 Å². The van der Waals surface area contributed by atoms with Gasteiger partial charge in [0.25, 0.3) is 0 Å². The molecule has 0 radical (unpaired) electrons. The second kappa shape index (κ2) is 4.11. The van der Waals surface area contributed by atoms with E-state index in [1.54, 1.807) is 0 Å². The molecule has 3 nitrogen and oxygen atoms in total. The third-order valence-electron chi connectivity index (χ3n) is 2.60. The van der Waals surface area contributed by atoms with Crippen LogP contribution in [0.2, 0.25) is 0 Å². The summed E-state index contributed by atoms with van der Waals surface area (Å²) in [6, 6.07) is 6.14. The Hall–Kier alpha value is -1.22. The first-order chi connectivity index (χ1) is 7.20. The number of rotatable bonds is 2. The molecule has 0 amide bonds. The number of amidine groups is 1. The van der Waals surface area contributed by atoms with Gasteiger partial charge in [0.05, 0.1) is 11.6 Å². The summed E-state index contributed by atoms with van der Waals surface area (Å²) in [5.74, 6) is 0.736. The highest BCUT2D eigenvalue weighted by Crippen LogP contribution is 2.30. The normalized spacial score (nSPS) is 15.6. The lowest BCUT2D eigenvalue weighted by Gasteiger charge is -2.11. The average molecular weight is 224 g/mol. The average Bonchev–Trinajstić information content (AvgIpc) is 2.60. The molecule has 1 aromatic carbocycles. The Bertz CT molecular complexity index is 401. The number of alkyl halides is 1. The number of nitrogens with two attached hydrogens (primary N) is 1. The minimum atomic E-state index is 0.275. The quantitative estimate of drug-likeness (QED) is 0.473. The van der Waals surface area contributed by atoms with E-state index in [0.717, 1.165) is 18.7 Å². The van der Waals surface area contributed by atoms with Gasteiger partial charge in [0.1, 0.15) is 5.84 Å². The van der Waals surface area contributed by atoms with E-state index in [1.807, 2.05) is 6.07 Å². The summed E-state index contributed by atoms with van der Waals surface area (Å²) in [7, 11) is 2.10. The van der Waals surface area contributed by atoms with E-state index in [0.29, 0.717) is 5.84 Å². The van der Waals surface area contributed by atoms with Gasteiger partial charge < -0.3 is 10.6 Å². The van der Waals surface area contributed by atoms with Crippen LogP contribution in [-0.2, 0) is 6.42 Å². The van der Waals surface area contributed by atoms with Crippen LogP contribution in [0.1, 0.15) is 5.56 Å². The summed E-state index contributed by atoms with van der Waals surface area (Å²) in [6.45, 7) is 1.08. The number of aliphatic imine (C=N–C) groups is 1. The second-order valence-electron chi connectivity index (χ2n) is 3.72. The van der Waals surface area contributed by atoms with Crippen LogP contribution in [0.4, 0.5) is 11.4 Å². The second-order valence-corrected chi connectivity index (χ2v) is 3.99. The van der Waals surface area contributed by atoms with Gasteiger partial charge >= 0.3 is 0 Å². The van der Waals surface area contributed by atoms with Crippen LogP contribution in [0, 0.1) is 0 Å². The van der Waals surface area contributed by atoms with E-state index in [9.17, 15) is 0 Å². The first kappa shape index (κ1) is 10.3. The lowest BCUT2D eigenvalue weighted by atomic mass is 10.1. The molecule has 0 bridgehead atoms. The number of hydrogen-bond donors (Lipinski definition) is 1. The van der Waals surface area contributed by atoms with Gasteiger partial charge in [-0.15, -0.1) is 11.6 Å². The van der Waals surface area contributed by atoms with Crippen molar-refractivity contribution in [3.63, 3.8) is 0 Å². The lowest BCUT2D eigenvalue weighted by Crippen LogP contribution is -2.12. The van der Waals surface area contributed by atoms with Crippen molar-refractivity contribution in [2.45, 2.75) is 6.42 Å². The summed E-state index contributed by atoms with van der Waals surface area (Å²) < 4.78 is 0. The Morgan fingerprint density at radius 3 is 3.13 bits per heavy atom. The number of anilines is 1. The molecule has 4 heteroatoms. The van der Waals surface area contributed by atoms with E-state index in [4.69, 9.17) is 17.3 Å². The van der Waals surface area contributed by atoms with Gasteiger partial charge in [-0.05, 0) is 30.2 Å². The fraction of sp³-hybridized carbons (Fsp3) is 0.364. The summed E-state index contributed by atoms with van der Waals surface area (Å²) in [4.78, 5) is 6.47. The van der Waals surface area contributed by atoms with Gasteiger partial charge in [-0.25, -0.2) is 4.99 Å². The van der Waals surface area contributed by atoms with Crippen LogP contribution in [0.3, 0.4) is 0 Å². The van der Waals surface area contributed by atoms with E-state index < -0.39 is 0 Å². The van der Waals surface area contributed by atoms with Crippen molar-refractivity contribution in [2.24, 2.45) is 10.7 Å². The Balaban J connectivity index is 2.31. The molecule has 1 aliphatic heterocycles. The maximum absolute atomic E-state index is 5.59. The van der Waals surface area contributed by atoms with Gasteiger partial charge in [-0.3, -0.25) is 0 Å². The van der Waals surface area contributed by atoms with Crippen LogP contribution < -0.4 is 10.6 Å². The van der Waals surface area contributed by atoms with Crippen LogP contribution >= 0.6 is 11.6 Å². The fourth-order valence-electron chi connectivity index (χ4n) is 1.82. The molecule has 1 heterocycles. The zero-order valence-electron chi connectivity index (χ0n) is 8.70. The van der Waals surface area contributed by atoms with Crippen LogP contribution in [0.5, 0.6) is 0 Å². The van der Waals surface area contributed by atoms with E-state index >= 15 is 0 Å². The minimum absolute atomic E-state index is 0.275. The monoisotopic (exact) mass is 223 g/mol. The van der Waals surface area contributed by atoms with Crippen molar-refractivity contribution in [3.8, 4) is 0 Å². The molecule has 0 atom stereocenters. The fourth-order valence-corrected chi connectivity index (χ4v) is 1.88. The van der Waals surface area contributed by atoms with Crippen molar-refractivity contribution in [1.82, 2.24) is 0 Å². The first-order valence-corrected chi connectivity index (χ1v) is 5.47. The van der Waals surface area contributed by atoms with E-state index in [-0.39, 0.29) is 5.88 Å². The smallest absolute Gasteiger partial charge is 0.115 e. The highest BCUT2D eigenvalue weighted by molar-refractivity contribution is 6.28. The predicted molar refractivity (Wildman–Crippen MR) is 65.4 cm³/mol. The molecule has 0 saturated heterocycles. The summed E-state index contributed by atoms with van der Waals surface area (Å²) in [6.07, 6.45) is 1.08. The Morgan fingerprint density at radius 2 is 2.40 bits per heavy atom. The molecule has 80 valence electrons. The SMILES string of the molecule is CN1CCc2cc(N=C(N)CCl)ccc21. The Morgan fingerprint density at radius 1 is 1.60 bits per heavy atom. The summed E-state index contributed by atoms with van der Waals surface area (Å²) in [5, 5.41) is 0. The maximum atomic E-state index is 5.59. The highest BCUT2D eigenvalue weighted by Gasteiger charge is 2.15. The minimum Gasteiger partial charge on any atom is -0.386 e. The van der Waals surface area contributed by atoms with Crippen molar-refractivity contribution in [2.75, 3.05) is 24.4 Å². The Kier molecular flexibility index (Phi) is 2.82. The van der Waals surface area contributed by atoms with E-state index in [1.165, 1.54) is 11.3 Å². The standard InChI is InChI=1S/C11H14ClN3/c1-15-5-4-8-6-9(2-3-10(8)15)14-11(13)7-12/h2-3,6H,4-5,7H2,1H3,(H2,13,14). The topological polar surface area (TPSA) is 41.6 Å². The molecule has 15 heavy (non-hydrogen) atoms. The van der Waals surface area contributed by atoms with Crippen molar-refractivity contribution in [3.05, 3.63) is 23.8 Å². The molecule has 0 unspecified atom stereocenters. The van der Waals surface area contributed by atoms with Crippen LogP contribution in [-0.4, -0.2) is 25.3 Å². The molecule has 2 rings (SSSR count). The zero-order chi connectivity index (χ0) is 10.8. The number of benzene rings is 1. The Labute approximate surface area is 94.5 Å². The molecule has 0 saturated carbocycles. The maximum Gasteiger partial charge on any atom is 0.115 e. The summed E-state index contributed by atoms with van der Waals surface area (Å²) >= 11 is 5.58. The highest BCUT2D eigenvalue weighted by atomic mass is 35.5. The number of nitrogens with zero attached hydrogens (tertiary/aromatic N) is 2. The molecule has 0 spiro atoms. The lowest BCUT2D eigenvalue weighted by molar-refractivity contribution is 0.956. The van der Waals surface area contributed by atoms with E-state index in [2.05, 4.69) is 29.1 Å².